The molecule has 5 heteroatoms. The minimum atomic E-state index is -0.170. The minimum absolute atomic E-state index is 0.170. The van der Waals surface area contributed by atoms with E-state index in [9.17, 15) is 4.79 Å². The van der Waals surface area contributed by atoms with Gasteiger partial charge in [0.1, 0.15) is 0 Å². The lowest BCUT2D eigenvalue weighted by Crippen LogP contribution is -2.17. The summed E-state index contributed by atoms with van der Waals surface area (Å²) in [6.45, 7) is 1.99. The number of hydrogen-bond acceptors (Lipinski definition) is 3. The SMILES string of the molecule is CNC(=O)c1ccc(Nc2cc(C)ccc2Cl)c(N)c1. The van der Waals surface area contributed by atoms with Crippen molar-refractivity contribution in [2.24, 2.45) is 0 Å². The number of benzene rings is 2. The Labute approximate surface area is 122 Å². The first-order valence-corrected chi connectivity index (χ1v) is 6.54. The molecule has 20 heavy (non-hydrogen) atoms. The van der Waals surface area contributed by atoms with Crippen LogP contribution in [0.4, 0.5) is 17.1 Å². The second-order valence-electron chi connectivity index (χ2n) is 4.49. The van der Waals surface area contributed by atoms with Crippen molar-refractivity contribution in [3.05, 3.63) is 52.5 Å². The fourth-order valence-corrected chi connectivity index (χ4v) is 2.01. The van der Waals surface area contributed by atoms with Gasteiger partial charge in [-0.25, -0.2) is 0 Å². The van der Waals surface area contributed by atoms with E-state index >= 15 is 0 Å². The normalized spacial score (nSPS) is 10.2. The van der Waals surface area contributed by atoms with Crippen molar-refractivity contribution >= 4 is 34.6 Å². The summed E-state index contributed by atoms with van der Waals surface area (Å²) in [7, 11) is 1.58. The van der Waals surface area contributed by atoms with Gasteiger partial charge in [0.25, 0.3) is 5.91 Å². The first-order chi connectivity index (χ1) is 9.51. The quantitative estimate of drug-likeness (QED) is 0.759. The fraction of sp³-hybridized carbons (Fsp3) is 0.133. The van der Waals surface area contributed by atoms with Gasteiger partial charge in [0.05, 0.1) is 22.1 Å². The van der Waals surface area contributed by atoms with Crippen LogP contribution in [0.3, 0.4) is 0 Å². The Balaban J connectivity index is 2.30. The summed E-state index contributed by atoms with van der Waals surface area (Å²) in [5.74, 6) is -0.170. The molecule has 0 aromatic heterocycles. The number of amides is 1. The van der Waals surface area contributed by atoms with Gasteiger partial charge in [0.15, 0.2) is 0 Å². The van der Waals surface area contributed by atoms with E-state index in [4.69, 9.17) is 17.3 Å². The zero-order valence-corrected chi connectivity index (χ0v) is 12.1. The number of nitrogens with one attached hydrogen (secondary N) is 2. The van der Waals surface area contributed by atoms with Crippen molar-refractivity contribution < 1.29 is 4.79 Å². The highest BCUT2D eigenvalue weighted by molar-refractivity contribution is 6.33. The number of hydrogen-bond donors (Lipinski definition) is 3. The van der Waals surface area contributed by atoms with Gasteiger partial charge in [-0.2, -0.15) is 0 Å². The number of aryl methyl sites for hydroxylation is 1. The average molecular weight is 290 g/mol. The molecule has 0 aliphatic carbocycles. The molecular formula is C15H16ClN3O. The summed E-state index contributed by atoms with van der Waals surface area (Å²) < 4.78 is 0. The zero-order chi connectivity index (χ0) is 14.7. The highest BCUT2D eigenvalue weighted by Crippen LogP contribution is 2.29. The van der Waals surface area contributed by atoms with Crippen LogP contribution in [0.25, 0.3) is 0 Å². The lowest BCUT2D eigenvalue weighted by Gasteiger charge is -2.12. The standard InChI is InChI=1S/C15H16ClN3O/c1-9-3-5-11(16)14(7-9)19-13-6-4-10(8-12(13)17)15(20)18-2/h3-8,19H,17H2,1-2H3,(H,18,20). The second-order valence-corrected chi connectivity index (χ2v) is 4.90. The van der Waals surface area contributed by atoms with Crippen LogP contribution in [-0.2, 0) is 0 Å². The summed E-state index contributed by atoms with van der Waals surface area (Å²) in [5, 5.41) is 6.35. The molecule has 2 rings (SSSR count). The summed E-state index contributed by atoms with van der Waals surface area (Å²) in [5.41, 5.74) is 9.56. The van der Waals surface area contributed by atoms with Crippen LogP contribution in [0.15, 0.2) is 36.4 Å². The van der Waals surface area contributed by atoms with Crippen LogP contribution < -0.4 is 16.4 Å². The van der Waals surface area contributed by atoms with Gasteiger partial charge in [-0.15, -0.1) is 0 Å². The summed E-state index contributed by atoms with van der Waals surface area (Å²) in [4.78, 5) is 11.5. The lowest BCUT2D eigenvalue weighted by molar-refractivity contribution is 0.0963. The van der Waals surface area contributed by atoms with Crippen LogP contribution in [0.1, 0.15) is 15.9 Å². The first kappa shape index (κ1) is 14.2. The maximum atomic E-state index is 11.5. The largest absolute Gasteiger partial charge is 0.397 e. The average Bonchev–Trinajstić information content (AvgIpc) is 2.44. The van der Waals surface area contributed by atoms with E-state index in [1.54, 1.807) is 25.2 Å². The van der Waals surface area contributed by atoms with Crippen molar-refractivity contribution in [3.63, 3.8) is 0 Å². The van der Waals surface area contributed by atoms with Crippen molar-refractivity contribution in [1.82, 2.24) is 5.32 Å². The van der Waals surface area contributed by atoms with E-state index < -0.39 is 0 Å². The fourth-order valence-electron chi connectivity index (χ4n) is 1.84. The van der Waals surface area contributed by atoms with Gasteiger partial charge < -0.3 is 16.4 Å². The Morgan fingerprint density at radius 1 is 1.15 bits per heavy atom. The topological polar surface area (TPSA) is 67.2 Å². The molecule has 0 atom stereocenters. The molecule has 4 nitrogen and oxygen atoms in total. The van der Waals surface area contributed by atoms with Gasteiger partial charge in [-0.3, -0.25) is 4.79 Å². The monoisotopic (exact) mass is 289 g/mol. The van der Waals surface area contributed by atoms with Gasteiger partial charge in [0, 0.05) is 12.6 Å². The Kier molecular flexibility index (Phi) is 4.15. The first-order valence-electron chi connectivity index (χ1n) is 6.16. The van der Waals surface area contributed by atoms with Crippen LogP contribution in [0, 0.1) is 6.92 Å². The van der Waals surface area contributed by atoms with Gasteiger partial charge in [-0.1, -0.05) is 17.7 Å². The third kappa shape index (κ3) is 3.03. The predicted octanol–water partition coefficient (Wildman–Crippen LogP) is 3.33. The summed E-state index contributed by atoms with van der Waals surface area (Å²) in [6, 6.07) is 10.8. The summed E-state index contributed by atoms with van der Waals surface area (Å²) >= 11 is 6.14. The number of halogens is 1. The molecule has 0 heterocycles. The van der Waals surface area contributed by atoms with Crippen molar-refractivity contribution in [1.29, 1.82) is 0 Å². The smallest absolute Gasteiger partial charge is 0.251 e. The van der Waals surface area contributed by atoms with E-state index in [1.165, 1.54) is 0 Å². The van der Waals surface area contributed by atoms with Crippen molar-refractivity contribution in [2.45, 2.75) is 6.92 Å². The molecule has 104 valence electrons. The van der Waals surface area contributed by atoms with Crippen LogP contribution in [0.2, 0.25) is 5.02 Å². The number of nitrogen functional groups attached to an aromatic ring is 1. The number of nitrogens with two attached hydrogens (primary N) is 1. The number of carbonyl (C=O) groups excluding carboxylic acids is 1. The van der Waals surface area contributed by atoms with E-state index in [0.717, 1.165) is 11.3 Å². The lowest BCUT2D eigenvalue weighted by atomic mass is 10.1. The van der Waals surface area contributed by atoms with Crippen molar-refractivity contribution in [3.8, 4) is 0 Å². The molecular weight excluding hydrogens is 274 g/mol. The summed E-state index contributed by atoms with van der Waals surface area (Å²) in [6.07, 6.45) is 0. The van der Waals surface area contributed by atoms with Crippen LogP contribution in [-0.4, -0.2) is 13.0 Å². The molecule has 2 aromatic carbocycles. The molecule has 1 amide bonds. The molecule has 0 bridgehead atoms. The van der Waals surface area contributed by atoms with E-state index in [-0.39, 0.29) is 5.91 Å². The number of carbonyl (C=O) groups is 1. The highest BCUT2D eigenvalue weighted by atomic mass is 35.5. The Hall–Kier alpha value is -2.20. The molecule has 0 saturated carbocycles. The van der Waals surface area contributed by atoms with Crippen molar-refractivity contribution in [2.75, 3.05) is 18.1 Å². The molecule has 0 unspecified atom stereocenters. The van der Waals surface area contributed by atoms with E-state index in [2.05, 4.69) is 10.6 Å². The molecule has 2 aromatic rings. The molecule has 0 radical (unpaired) electrons. The van der Waals surface area contributed by atoms with Gasteiger partial charge in [0.2, 0.25) is 0 Å². The van der Waals surface area contributed by atoms with E-state index in [1.807, 2.05) is 25.1 Å². The molecule has 0 saturated heterocycles. The predicted molar refractivity (Wildman–Crippen MR) is 83.7 cm³/mol. The highest BCUT2D eigenvalue weighted by Gasteiger charge is 2.08. The van der Waals surface area contributed by atoms with Gasteiger partial charge >= 0.3 is 0 Å². The Morgan fingerprint density at radius 2 is 1.90 bits per heavy atom. The van der Waals surface area contributed by atoms with Gasteiger partial charge in [-0.05, 0) is 42.8 Å². The number of rotatable bonds is 3. The second kappa shape index (κ2) is 5.84. The molecule has 0 aliphatic rings. The van der Waals surface area contributed by atoms with Crippen LogP contribution >= 0.6 is 11.6 Å². The maximum Gasteiger partial charge on any atom is 0.251 e. The Morgan fingerprint density at radius 3 is 2.55 bits per heavy atom. The number of anilines is 3. The third-order valence-corrected chi connectivity index (χ3v) is 3.26. The van der Waals surface area contributed by atoms with Crippen LogP contribution in [0.5, 0.6) is 0 Å². The third-order valence-electron chi connectivity index (χ3n) is 2.93. The minimum Gasteiger partial charge on any atom is -0.397 e. The molecule has 4 N–H and O–H groups in total. The molecule has 0 spiro atoms. The molecule has 0 aliphatic heterocycles. The Bertz CT molecular complexity index is 656. The zero-order valence-electron chi connectivity index (χ0n) is 11.3. The maximum absolute atomic E-state index is 11.5. The van der Waals surface area contributed by atoms with E-state index in [0.29, 0.717) is 22.0 Å². The molecule has 0 fully saturated rings.